The molecule has 6 heteroatoms. The molecule has 0 aromatic heterocycles. The van der Waals surface area contributed by atoms with E-state index in [1.165, 1.54) is 0 Å². The Kier molecular flexibility index (Phi) is 9.13. The highest BCUT2D eigenvalue weighted by atomic mass is 35.5. The Morgan fingerprint density at radius 3 is 2.38 bits per heavy atom. The van der Waals surface area contributed by atoms with Crippen LogP contribution in [0.5, 0.6) is 5.75 Å². The maximum Gasteiger partial charge on any atom is 0.241 e. The first-order valence-corrected chi connectivity index (χ1v) is 8.32. The molecule has 0 saturated heterocycles. The van der Waals surface area contributed by atoms with Gasteiger partial charge in [-0.2, -0.15) is 0 Å². The number of rotatable bonds is 8. The summed E-state index contributed by atoms with van der Waals surface area (Å²) in [4.78, 5) is 12.3. The van der Waals surface area contributed by atoms with Crippen LogP contribution in [0.15, 0.2) is 42.5 Å². The number of carbonyl (C=O) groups is 1. The molecule has 0 bridgehead atoms. The van der Waals surface area contributed by atoms with Crippen molar-refractivity contribution in [3.8, 4) is 5.75 Å². The largest absolute Gasteiger partial charge is 0.491 e. The molecular formula is C20H27ClN2O3. The topological polar surface area (TPSA) is 73.6 Å². The van der Waals surface area contributed by atoms with Crippen LogP contribution in [0.25, 0.3) is 0 Å². The molecular weight excluding hydrogens is 352 g/mol. The fourth-order valence-electron chi connectivity index (χ4n) is 2.39. The molecule has 0 heterocycles. The molecule has 0 aliphatic rings. The number of carbonyl (C=O) groups excluding carboxylic acids is 1. The van der Waals surface area contributed by atoms with Crippen LogP contribution in [0.3, 0.4) is 0 Å². The van der Waals surface area contributed by atoms with Gasteiger partial charge in [-0.15, -0.1) is 12.4 Å². The van der Waals surface area contributed by atoms with Gasteiger partial charge in [0.2, 0.25) is 5.91 Å². The van der Waals surface area contributed by atoms with E-state index in [9.17, 15) is 4.79 Å². The molecule has 2 aromatic carbocycles. The molecule has 0 radical (unpaired) electrons. The van der Waals surface area contributed by atoms with E-state index in [4.69, 9.17) is 15.2 Å². The van der Waals surface area contributed by atoms with Crippen molar-refractivity contribution >= 4 is 18.3 Å². The average molecular weight is 379 g/mol. The van der Waals surface area contributed by atoms with Gasteiger partial charge in [-0.05, 0) is 31.0 Å². The van der Waals surface area contributed by atoms with Gasteiger partial charge in [0.15, 0.2) is 0 Å². The van der Waals surface area contributed by atoms with E-state index in [0.29, 0.717) is 19.8 Å². The molecule has 0 spiro atoms. The zero-order valence-corrected chi connectivity index (χ0v) is 16.3. The second-order valence-electron chi connectivity index (χ2n) is 6.06. The number of hydrogen-bond acceptors (Lipinski definition) is 4. The van der Waals surface area contributed by atoms with Gasteiger partial charge in [-0.1, -0.05) is 42.0 Å². The Balaban J connectivity index is 0.00000338. The number of nitrogens with one attached hydrogen (secondary N) is 1. The predicted molar refractivity (Wildman–Crippen MR) is 106 cm³/mol. The summed E-state index contributed by atoms with van der Waals surface area (Å²) in [6, 6.07) is 12.9. The Bertz CT molecular complexity index is 705. The van der Waals surface area contributed by atoms with Crippen LogP contribution in [-0.4, -0.2) is 26.2 Å². The standard InChI is InChI=1S/C20H26N2O3.ClH/c1-14-4-7-16(8-5-14)19(21)20(23)22-13-17-9-6-15(2)12-18(17)25-11-10-24-3;/h4-9,12,19H,10-11,13,21H2,1-3H3,(H,22,23);1H. The lowest BCUT2D eigenvalue weighted by atomic mass is 10.1. The van der Waals surface area contributed by atoms with Crippen molar-refractivity contribution in [2.45, 2.75) is 26.4 Å². The molecule has 0 fully saturated rings. The molecule has 1 amide bonds. The fraction of sp³-hybridized carbons (Fsp3) is 0.350. The summed E-state index contributed by atoms with van der Waals surface area (Å²) in [5.41, 5.74) is 9.99. The van der Waals surface area contributed by atoms with Crippen LogP contribution in [0.1, 0.15) is 28.3 Å². The third-order valence-corrected chi connectivity index (χ3v) is 3.94. The highest BCUT2D eigenvalue weighted by Gasteiger charge is 2.16. The molecule has 142 valence electrons. The molecule has 0 aliphatic carbocycles. The second-order valence-corrected chi connectivity index (χ2v) is 6.06. The minimum absolute atomic E-state index is 0. The monoisotopic (exact) mass is 378 g/mol. The summed E-state index contributed by atoms with van der Waals surface area (Å²) >= 11 is 0. The Labute approximate surface area is 161 Å². The Morgan fingerprint density at radius 2 is 1.73 bits per heavy atom. The lowest BCUT2D eigenvalue weighted by molar-refractivity contribution is -0.122. The molecule has 2 rings (SSSR count). The van der Waals surface area contributed by atoms with Crippen molar-refractivity contribution < 1.29 is 14.3 Å². The summed E-state index contributed by atoms with van der Waals surface area (Å²) in [6.45, 7) is 5.33. The second kappa shape index (κ2) is 10.8. The Hall–Kier alpha value is -2.08. The predicted octanol–water partition coefficient (Wildman–Crippen LogP) is 3.07. The summed E-state index contributed by atoms with van der Waals surface area (Å²) < 4.78 is 10.8. The normalized spacial score (nSPS) is 11.4. The van der Waals surface area contributed by atoms with E-state index in [-0.39, 0.29) is 18.3 Å². The van der Waals surface area contributed by atoms with Crippen LogP contribution < -0.4 is 15.8 Å². The van der Waals surface area contributed by atoms with E-state index >= 15 is 0 Å². The third kappa shape index (κ3) is 6.33. The van der Waals surface area contributed by atoms with Gasteiger partial charge in [0.25, 0.3) is 0 Å². The van der Waals surface area contributed by atoms with Crippen LogP contribution in [-0.2, 0) is 16.1 Å². The van der Waals surface area contributed by atoms with E-state index < -0.39 is 6.04 Å². The van der Waals surface area contributed by atoms with Crippen molar-refractivity contribution in [1.29, 1.82) is 0 Å². The van der Waals surface area contributed by atoms with E-state index in [1.54, 1.807) is 7.11 Å². The maximum absolute atomic E-state index is 12.3. The molecule has 1 unspecified atom stereocenters. The van der Waals surface area contributed by atoms with Gasteiger partial charge in [0, 0.05) is 19.2 Å². The lowest BCUT2D eigenvalue weighted by Crippen LogP contribution is -2.33. The SMILES string of the molecule is COCCOc1cc(C)ccc1CNC(=O)C(N)c1ccc(C)cc1.Cl. The van der Waals surface area contributed by atoms with Gasteiger partial charge < -0.3 is 20.5 Å². The molecule has 1 atom stereocenters. The number of methoxy groups -OCH3 is 1. The van der Waals surface area contributed by atoms with Gasteiger partial charge in [0.05, 0.1) is 6.61 Å². The molecule has 26 heavy (non-hydrogen) atoms. The number of halogens is 1. The van der Waals surface area contributed by atoms with Gasteiger partial charge in [-0.3, -0.25) is 4.79 Å². The number of aryl methyl sites for hydroxylation is 2. The van der Waals surface area contributed by atoms with Crippen molar-refractivity contribution in [2.24, 2.45) is 5.73 Å². The van der Waals surface area contributed by atoms with Crippen molar-refractivity contribution in [3.05, 3.63) is 64.7 Å². The zero-order chi connectivity index (χ0) is 18.2. The lowest BCUT2D eigenvalue weighted by Gasteiger charge is -2.15. The molecule has 3 N–H and O–H groups in total. The number of ether oxygens (including phenoxy) is 2. The first-order valence-electron chi connectivity index (χ1n) is 8.32. The van der Waals surface area contributed by atoms with Gasteiger partial charge in [-0.25, -0.2) is 0 Å². The highest BCUT2D eigenvalue weighted by Crippen LogP contribution is 2.21. The van der Waals surface area contributed by atoms with Crippen LogP contribution in [0.2, 0.25) is 0 Å². The highest BCUT2D eigenvalue weighted by molar-refractivity contribution is 5.85. The smallest absolute Gasteiger partial charge is 0.241 e. The molecule has 0 aliphatic heterocycles. The minimum Gasteiger partial charge on any atom is -0.491 e. The fourth-order valence-corrected chi connectivity index (χ4v) is 2.39. The minimum atomic E-state index is -0.691. The summed E-state index contributed by atoms with van der Waals surface area (Å²) in [5.74, 6) is 0.536. The van der Waals surface area contributed by atoms with E-state index in [1.807, 2.05) is 56.3 Å². The number of hydrogen-bond donors (Lipinski definition) is 2. The van der Waals surface area contributed by atoms with Crippen LogP contribution in [0.4, 0.5) is 0 Å². The summed E-state index contributed by atoms with van der Waals surface area (Å²) in [6.07, 6.45) is 0. The Morgan fingerprint density at radius 1 is 1.08 bits per heavy atom. The molecule has 0 saturated carbocycles. The maximum atomic E-state index is 12.3. The summed E-state index contributed by atoms with van der Waals surface area (Å²) in [5, 5.41) is 2.89. The number of nitrogens with two attached hydrogens (primary N) is 1. The van der Waals surface area contributed by atoms with Crippen LogP contribution >= 0.6 is 12.4 Å². The van der Waals surface area contributed by atoms with Crippen molar-refractivity contribution in [2.75, 3.05) is 20.3 Å². The van der Waals surface area contributed by atoms with Gasteiger partial charge in [0.1, 0.15) is 18.4 Å². The molecule has 5 nitrogen and oxygen atoms in total. The number of benzene rings is 2. The molecule has 2 aromatic rings. The van der Waals surface area contributed by atoms with Crippen molar-refractivity contribution in [3.63, 3.8) is 0 Å². The summed E-state index contributed by atoms with van der Waals surface area (Å²) in [7, 11) is 1.63. The number of amides is 1. The van der Waals surface area contributed by atoms with Gasteiger partial charge >= 0.3 is 0 Å². The van der Waals surface area contributed by atoms with Crippen LogP contribution in [0, 0.1) is 13.8 Å². The quantitative estimate of drug-likeness (QED) is 0.692. The first kappa shape index (κ1) is 22.0. The first-order chi connectivity index (χ1) is 12.0. The van der Waals surface area contributed by atoms with Crippen molar-refractivity contribution in [1.82, 2.24) is 5.32 Å². The average Bonchev–Trinajstić information content (AvgIpc) is 2.61. The third-order valence-electron chi connectivity index (χ3n) is 3.94. The zero-order valence-electron chi connectivity index (χ0n) is 15.5. The van der Waals surface area contributed by atoms with E-state index in [2.05, 4.69) is 5.32 Å². The van der Waals surface area contributed by atoms with E-state index in [0.717, 1.165) is 28.0 Å².